The Kier molecular flexibility index (Phi) is 2.96. The summed E-state index contributed by atoms with van der Waals surface area (Å²) in [5, 5.41) is 3.28. The van der Waals surface area contributed by atoms with Gasteiger partial charge in [0.15, 0.2) is 0 Å². The molecule has 1 fully saturated rings. The van der Waals surface area contributed by atoms with E-state index in [-0.39, 0.29) is 5.41 Å². The van der Waals surface area contributed by atoms with Gasteiger partial charge in [0, 0.05) is 25.9 Å². The predicted octanol–water partition coefficient (Wildman–Crippen LogP) is 2.80. The van der Waals surface area contributed by atoms with Crippen LogP contribution in [0.5, 0.6) is 0 Å². The molecule has 0 saturated carbocycles. The molecule has 1 aromatic carbocycles. The van der Waals surface area contributed by atoms with E-state index in [9.17, 15) is 0 Å². The van der Waals surface area contributed by atoms with Gasteiger partial charge < -0.3 is 10.1 Å². The van der Waals surface area contributed by atoms with E-state index in [4.69, 9.17) is 4.74 Å². The summed E-state index contributed by atoms with van der Waals surface area (Å²) in [6.45, 7) is 4.11. The number of benzene rings is 1. The van der Waals surface area contributed by atoms with Crippen molar-refractivity contribution in [2.75, 3.05) is 25.6 Å². The van der Waals surface area contributed by atoms with Crippen molar-refractivity contribution in [1.82, 2.24) is 0 Å². The highest BCUT2D eigenvalue weighted by atomic mass is 16.5. The van der Waals surface area contributed by atoms with Crippen LogP contribution in [0, 0.1) is 0 Å². The average Bonchev–Trinajstić information content (AvgIpc) is 2.30. The molecule has 0 unspecified atom stereocenters. The number of anilines is 1. The zero-order chi connectivity index (χ0) is 10.7. The highest BCUT2D eigenvalue weighted by Gasteiger charge is 2.30. The fraction of sp³-hybridized carbons (Fsp3) is 0.538. The van der Waals surface area contributed by atoms with E-state index in [0.29, 0.717) is 0 Å². The van der Waals surface area contributed by atoms with E-state index in [2.05, 4.69) is 36.5 Å². The van der Waals surface area contributed by atoms with Crippen molar-refractivity contribution in [3.8, 4) is 0 Å². The van der Waals surface area contributed by atoms with Gasteiger partial charge in [0.05, 0.1) is 0 Å². The molecule has 0 amide bonds. The van der Waals surface area contributed by atoms with Gasteiger partial charge in [0.25, 0.3) is 0 Å². The molecule has 0 bridgehead atoms. The van der Waals surface area contributed by atoms with Gasteiger partial charge in [-0.15, -0.1) is 0 Å². The van der Waals surface area contributed by atoms with Crippen LogP contribution < -0.4 is 5.32 Å². The molecule has 1 aromatic rings. The highest BCUT2D eigenvalue weighted by Crippen LogP contribution is 2.37. The van der Waals surface area contributed by atoms with Gasteiger partial charge in [0.1, 0.15) is 0 Å². The Balaban J connectivity index is 2.34. The Labute approximate surface area is 91.6 Å². The van der Waals surface area contributed by atoms with Crippen LogP contribution in [-0.2, 0) is 10.2 Å². The van der Waals surface area contributed by atoms with Crippen LogP contribution in [0.3, 0.4) is 0 Å². The molecule has 0 radical (unpaired) electrons. The molecule has 0 aromatic heterocycles. The molecule has 1 aliphatic heterocycles. The molecule has 1 saturated heterocycles. The minimum Gasteiger partial charge on any atom is -0.388 e. The van der Waals surface area contributed by atoms with Gasteiger partial charge in [-0.1, -0.05) is 25.1 Å². The summed E-state index contributed by atoms with van der Waals surface area (Å²) in [6.07, 6.45) is 2.23. The summed E-state index contributed by atoms with van der Waals surface area (Å²) in [4.78, 5) is 0. The topological polar surface area (TPSA) is 21.3 Å². The normalized spacial score (nSPS) is 19.9. The van der Waals surface area contributed by atoms with E-state index >= 15 is 0 Å². The van der Waals surface area contributed by atoms with E-state index in [1.54, 1.807) is 0 Å². The zero-order valence-electron chi connectivity index (χ0n) is 9.55. The third-order valence-electron chi connectivity index (χ3n) is 3.44. The molecule has 2 rings (SSSR count). The molecule has 0 atom stereocenters. The van der Waals surface area contributed by atoms with Crippen LogP contribution in [0.25, 0.3) is 0 Å². The third kappa shape index (κ3) is 2.00. The monoisotopic (exact) mass is 205 g/mol. The lowest BCUT2D eigenvalue weighted by atomic mass is 9.75. The summed E-state index contributed by atoms with van der Waals surface area (Å²) in [6, 6.07) is 8.59. The second kappa shape index (κ2) is 4.23. The Morgan fingerprint density at radius 1 is 1.20 bits per heavy atom. The van der Waals surface area contributed by atoms with E-state index in [1.807, 2.05) is 7.05 Å². The predicted molar refractivity (Wildman–Crippen MR) is 63.4 cm³/mol. The maximum atomic E-state index is 5.44. The molecular formula is C13H19NO. The SMILES string of the molecule is CNc1ccccc1C1(C)CCOCC1. The molecule has 2 heteroatoms. The minimum atomic E-state index is 0.276. The van der Waals surface area contributed by atoms with Crippen molar-refractivity contribution >= 4 is 5.69 Å². The maximum absolute atomic E-state index is 5.44. The fourth-order valence-corrected chi connectivity index (χ4v) is 2.32. The second-order valence-corrected chi connectivity index (χ2v) is 4.47. The first-order chi connectivity index (χ1) is 7.26. The van der Waals surface area contributed by atoms with Crippen LogP contribution in [0.15, 0.2) is 24.3 Å². The van der Waals surface area contributed by atoms with Crippen molar-refractivity contribution in [3.63, 3.8) is 0 Å². The molecular weight excluding hydrogens is 186 g/mol. The Morgan fingerprint density at radius 3 is 2.53 bits per heavy atom. The van der Waals surface area contributed by atoms with Crippen molar-refractivity contribution in [2.24, 2.45) is 0 Å². The summed E-state index contributed by atoms with van der Waals surface area (Å²) in [7, 11) is 1.99. The first-order valence-corrected chi connectivity index (χ1v) is 5.61. The largest absolute Gasteiger partial charge is 0.388 e. The molecule has 1 heterocycles. The molecule has 15 heavy (non-hydrogen) atoms. The summed E-state index contributed by atoms with van der Waals surface area (Å²) in [5.74, 6) is 0. The average molecular weight is 205 g/mol. The molecule has 1 N–H and O–H groups in total. The molecule has 1 aliphatic rings. The first kappa shape index (κ1) is 10.5. The van der Waals surface area contributed by atoms with Gasteiger partial charge in [-0.25, -0.2) is 0 Å². The van der Waals surface area contributed by atoms with Gasteiger partial charge in [0.2, 0.25) is 0 Å². The molecule has 0 spiro atoms. The number of para-hydroxylation sites is 1. The van der Waals surface area contributed by atoms with E-state index in [0.717, 1.165) is 26.1 Å². The summed E-state index contributed by atoms with van der Waals surface area (Å²) in [5.41, 5.74) is 2.95. The Bertz CT molecular complexity index is 329. The van der Waals surface area contributed by atoms with Crippen LogP contribution in [0.4, 0.5) is 5.69 Å². The zero-order valence-corrected chi connectivity index (χ0v) is 9.55. The molecule has 0 aliphatic carbocycles. The maximum Gasteiger partial charge on any atom is 0.0474 e. The second-order valence-electron chi connectivity index (χ2n) is 4.47. The summed E-state index contributed by atoms with van der Waals surface area (Å²) >= 11 is 0. The van der Waals surface area contributed by atoms with Crippen LogP contribution in [0.1, 0.15) is 25.3 Å². The van der Waals surface area contributed by atoms with Gasteiger partial charge in [-0.2, -0.15) is 0 Å². The standard InChI is InChI=1S/C13H19NO/c1-13(7-9-15-10-8-13)11-5-3-4-6-12(11)14-2/h3-6,14H,7-10H2,1-2H3. The number of rotatable bonds is 2. The summed E-state index contributed by atoms with van der Waals surface area (Å²) < 4.78 is 5.44. The molecule has 2 nitrogen and oxygen atoms in total. The van der Waals surface area contributed by atoms with Crippen molar-refractivity contribution < 1.29 is 4.74 Å². The highest BCUT2D eigenvalue weighted by molar-refractivity contribution is 5.54. The van der Waals surface area contributed by atoms with Crippen molar-refractivity contribution in [1.29, 1.82) is 0 Å². The van der Waals surface area contributed by atoms with E-state index < -0.39 is 0 Å². The fourth-order valence-electron chi connectivity index (χ4n) is 2.32. The number of ether oxygens (including phenoxy) is 1. The van der Waals surface area contributed by atoms with Crippen LogP contribution in [0.2, 0.25) is 0 Å². The van der Waals surface area contributed by atoms with Gasteiger partial charge in [-0.3, -0.25) is 0 Å². The van der Waals surface area contributed by atoms with Crippen molar-refractivity contribution in [3.05, 3.63) is 29.8 Å². The molecule has 82 valence electrons. The number of nitrogens with one attached hydrogen (secondary N) is 1. The first-order valence-electron chi connectivity index (χ1n) is 5.61. The Hall–Kier alpha value is -1.02. The lowest BCUT2D eigenvalue weighted by molar-refractivity contribution is 0.0566. The smallest absolute Gasteiger partial charge is 0.0474 e. The third-order valence-corrected chi connectivity index (χ3v) is 3.44. The van der Waals surface area contributed by atoms with Crippen LogP contribution >= 0.6 is 0 Å². The lowest BCUT2D eigenvalue weighted by Crippen LogP contribution is -2.31. The van der Waals surface area contributed by atoms with Gasteiger partial charge >= 0.3 is 0 Å². The number of hydrogen-bond acceptors (Lipinski definition) is 2. The van der Waals surface area contributed by atoms with E-state index in [1.165, 1.54) is 11.3 Å². The van der Waals surface area contributed by atoms with Crippen LogP contribution in [-0.4, -0.2) is 20.3 Å². The van der Waals surface area contributed by atoms with Crippen molar-refractivity contribution in [2.45, 2.75) is 25.2 Å². The minimum absolute atomic E-state index is 0.276. The number of hydrogen-bond donors (Lipinski definition) is 1. The quantitative estimate of drug-likeness (QED) is 0.801. The Morgan fingerprint density at radius 2 is 1.87 bits per heavy atom. The van der Waals surface area contributed by atoms with Gasteiger partial charge in [-0.05, 0) is 29.9 Å². The lowest BCUT2D eigenvalue weighted by Gasteiger charge is -2.35.